The first-order valence-corrected chi connectivity index (χ1v) is 6.12. The number of rotatable bonds is 3. The van der Waals surface area contributed by atoms with E-state index in [0.717, 1.165) is 23.2 Å². The van der Waals surface area contributed by atoms with Crippen LogP contribution in [0.4, 0.5) is 17.3 Å². The van der Waals surface area contributed by atoms with E-state index in [0.29, 0.717) is 16.7 Å². The number of aryl methyl sites for hydroxylation is 1. The van der Waals surface area contributed by atoms with E-state index in [-0.39, 0.29) is 0 Å². The maximum absolute atomic E-state index is 6.18. The molecule has 1 heterocycles. The van der Waals surface area contributed by atoms with E-state index >= 15 is 0 Å². The second-order valence-corrected chi connectivity index (χ2v) is 4.40. The Kier molecular flexibility index (Phi) is 3.67. The summed E-state index contributed by atoms with van der Waals surface area (Å²) in [6.45, 7) is 4.00. The molecule has 5 heteroatoms. The second kappa shape index (κ2) is 5.23. The summed E-state index contributed by atoms with van der Waals surface area (Å²) in [7, 11) is 0. The monoisotopic (exact) mass is 262 g/mol. The van der Waals surface area contributed by atoms with E-state index in [2.05, 4.69) is 15.3 Å². The van der Waals surface area contributed by atoms with E-state index in [4.69, 9.17) is 17.3 Å². The van der Waals surface area contributed by atoms with Gasteiger partial charge in [-0.15, -0.1) is 0 Å². The number of hydrogen-bond acceptors (Lipinski definition) is 4. The van der Waals surface area contributed by atoms with Crippen molar-refractivity contribution in [3.8, 4) is 0 Å². The molecule has 0 spiro atoms. The van der Waals surface area contributed by atoms with Gasteiger partial charge in [-0.1, -0.05) is 30.7 Å². The van der Waals surface area contributed by atoms with Crippen LogP contribution >= 0.6 is 11.6 Å². The normalized spacial score (nSPS) is 10.4. The predicted molar refractivity (Wildman–Crippen MR) is 75.3 cm³/mol. The molecular formula is C13H15ClN4. The largest absolute Gasteiger partial charge is 0.383 e. The van der Waals surface area contributed by atoms with Gasteiger partial charge in [0.2, 0.25) is 0 Å². The number of halogens is 1. The van der Waals surface area contributed by atoms with Gasteiger partial charge in [0.05, 0.1) is 10.7 Å². The zero-order valence-corrected chi connectivity index (χ0v) is 11.1. The minimum Gasteiger partial charge on any atom is -0.383 e. The summed E-state index contributed by atoms with van der Waals surface area (Å²) in [5.74, 6) is 1.21. The third-order valence-electron chi connectivity index (χ3n) is 2.80. The Bertz CT molecular complexity index is 549. The van der Waals surface area contributed by atoms with Gasteiger partial charge in [0, 0.05) is 5.56 Å². The molecule has 0 bridgehead atoms. The Morgan fingerprint density at radius 3 is 2.78 bits per heavy atom. The number of nitrogens with one attached hydrogen (secondary N) is 1. The first-order valence-electron chi connectivity index (χ1n) is 5.75. The number of hydrogen-bond donors (Lipinski definition) is 2. The molecule has 0 atom stereocenters. The Morgan fingerprint density at radius 1 is 1.33 bits per heavy atom. The topological polar surface area (TPSA) is 63.8 Å². The number of nitrogens with two attached hydrogens (primary N) is 1. The molecule has 0 saturated heterocycles. The first-order chi connectivity index (χ1) is 8.63. The maximum atomic E-state index is 6.18. The smallest absolute Gasteiger partial charge is 0.139 e. The molecule has 0 aliphatic heterocycles. The lowest BCUT2D eigenvalue weighted by Crippen LogP contribution is -2.05. The molecule has 2 rings (SSSR count). The fourth-order valence-electron chi connectivity index (χ4n) is 1.79. The van der Waals surface area contributed by atoms with Crippen LogP contribution in [0.1, 0.15) is 18.1 Å². The van der Waals surface area contributed by atoms with Crippen LogP contribution in [0, 0.1) is 6.92 Å². The van der Waals surface area contributed by atoms with Crippen molar-refractivity contribution < 1.29 is 0 Å². The van der Waals surface area contributed by atoms with Crippen molar-refractivity contribution in [2.45, 2.75) is 20.3 Å². The first kappa shape index (κ1) is 12.6. The Hall–Kier alpha value is -1.81. The summed E-state index contributed by atoms with van der Waals surface area (Å²) in [6, 6.07) is 5.75. The minimum absolute atomic E-state index is 0.500. The van der Waals surface area contributed by atoms with Crippen LogP contribution in [0.2, 0.25) is 5.02 Å². The van der Waals surface area contributed by atoms with Crippen LogP contribution in [0.15, 0.2) is 24.5 Å². The van der Waals surface area contributed by atoms with Crippen LogP contribution in [0.25, 0.3) is 0 Å². The van der Waals surface area contributed by atoms with Crippen molar-refractivity contribution in [2.75, 3.05) is 11.1 Å². The number of nitrogen functional groups attached to an aromatic ring is 1. The van der Waals surface area contributed by atoms with Crippen LogP contribution < -0.4 is 11.1 Å². The van der Waals surface area contributed by atoms with Crippen molar-refractivity contribution in [1.82, 2.24) is 9.97 Å². The van der Waals surface area contributed by atoms with E-state index in [1.807, 2.05) is 32.0 Å². The van der Waals surface area contributed by atoms with Crippen LogP contribution in [0.5, 0.6) is 0 Å². The highest BCUT2D eigenvalue weighted by Gasteiger charge is 2.10. The molecule has 2 aromatic rings. The van der Waals surface area contributed by atoms with Gasteiger partial charge < -0.3 is 11.1 Å². The van der Waals surface area contributed by atoms with Crippen LogP contribution in [-0.4, -0.2) is 9.97 Å². The molecule has 0 aliphatic rings. The SMILES string of the molecule is CCc1c(N)ncnc1Nc1c(C)cccc1Cl. The number of para-hydroxylation sites is 1. The average Bonchev–Trinajstić information content (AvgIpc) is 2.34. The maximum Gasteiger partial charge on any atom is 0.139 e. The van der Waals surface area contributed by atoms with Crippen molar-refractivity contribution in [3.05, 3.63) is 40.7 Å². The third kappa shape index (κ3) is 2.38. The summed E-state index contributed by atoms with van der Waals surface area (Å²) < 4.78 is 0. The summed E-state index contributed by atoms with van der Waals surface area (Å²) >= 11 is 6.18. The minimum atomic E-state index is 0.500. The number of nitrogens with zero attached hydrogens (tertiary/aromatic N) is 2. The standard InChI is InChI=1S/C13H15ClN4/c1-3-9-12(15)16-7-17-13(9)18-11-8(2)5-4-6-10(11)14/h4-7H,3H2,1-2H3,(H3,15,16,17,18). The van der Waals surface area contributed by atoms with Gasteiger partial charge in [-0.2, -0.15) is 0 Å². The van der Waals surface area contributed by atoms with E-state index in [9.17, 15) is 0 Å². The molecule has 0 unspecified atom stereocenters. The third-order valence-corrected chi connectivity index (χ3v) is 3.11. The predicted octanol–water partition coefficient (Wildman–Crippen LogP) is 3.33. The summed E-state index contributed by atoms with van der Waals surface area (Å²) in [4.78, 5) is 8.22. The Labute approximate surface area is 111 Å². The van der Waals surface area contributed by atoms with Crippen molar-refractivity contribution in [3.63, 3.8) is 0 Å². The molecule has 94 valence electrons. The van der Waals surface area contributed by atoms with E-state index in [1.165, 1.54) is 6.33 Å². The fourth-order valence-corrected chi connectivity index (χ4v) is 2.06. The van der Waals surface area contributed by atoms with Gasteiger partial charge in [-0.05, 0) is 25.0 Å². The number of anilines is 3. The molecule has 0 saturated carbocycles. The van der Waals surface area contributed by atoms with Crippen LogP contribution in [-0.2, 0) is 6.42 Å². The lowest BCUT2D eigenvalue weighted by atomic mass is 10.1. The van der Waals surface area contributed by atoms with E-state index < -0.39 is 0 Å². The molecule has 0 amide bonds. The number of benzene rings is 1. The zero-order chi connectivity index (χ0) is 13.1. The summed E-state index contributed by atoms with van der Waals surface area (Å²) in [5, 5.41) is 3.90. The lowest BCUT2D eigenvalue weighted by molar-refractivity contribution is 1.06. The van der Waals surface area contributed by atoms with Crippen molar-refractivity contribution >= 4 is 28.9 Å². The van der Waals surface area contributed by atoms with Gasteiger partial charge >= 0.3 is 0 Å². The number of aromatic nitrogens is 2. The van der Waals surface area contributed by atoms with Gasteiger partial charge in [0.1, 0.15) is 18.0 Å². The second-order valence-electron chi connectivity index (χ2n) is 4.00. The molecule has 3 N–H and O–H groups in total. The Balaban J connectivity index is 2.43. The molecule has 4 nitrogen and oxygen atoms in total. The zero-order valence-electron chi connectivity index (χ0n) is 10.4. The molecule has 18 heavy (non-hydrogen) atoms. The van der Waals surface area contributed by atoms with Crippen LogP contribution in [0.3, 0.4) is 0 Å². The highest BCUT2D eigenvalue weighted by molar-refractivity contribution is 6.33. The molecule has 0 aliphatic carbocycles. The van der Waals surface area contributed by atoms with Crippen molar-refractivity contribution in [1.29, 1.82) is 0 Å². The average molecular weight is 263 g/mol. The van der Waals surface area contributed by atoms with E-state index in [1.54, 1.807) is 0 Å². The highest BCUT2D eigenvalue weighted by atomic mass is 35.5. The van der Waals surface area contributed by atoms with Crippen molar-refractivity contribution in [2.24, 2.45) is 0 Å². The fraction of sp³-hybridized carbons (Fsp3) is 0.231. The van der Waals surface area contributed by atoms with Gasteiger partial charge in [-0.3, -0.25) is 0 Å². The summed E-state index contributed by atoms with van der Waals surface area (Å²) in [5.41, 5.74) is 8.65. The molecule has 1 aromatic heterocycles. The quantitative estimate of drug-likeness (QED) is 0.891. The molecule has 0 fully saturated rings. The highest BCUT2D eigenvalue weighted by Crippen LogP contribution is 2.30. The summed E-state index contributed by atoms with van der Waals surface area (Å²) in [6.07, 6.45) is 2.21. The Morgan fingerprint density at radius 2 is 2.11 bits per heavy atom. The molecule has 0 radical (unpaired) electrons. The van der Waals surface area contributed by atoms with Gasteiger partial charge in [-0.25, -0.2) is 9.97 Å². The molecular weight excluding hydrogens is 248 g/mol. The molecule has 1 aromatic carbocycles. The van der Waals surface area contributed by atoms with Gasteiger partial charge in [0.15, 0.2) is 0 Å². The lowest BCUT2D eigenvalue weighted by Gasteiger charge is -2.14. The van der Waals surface area contributed by atoms with Gasteiger partial charge in [0.25, 0.3) is 0 Å².